The molecule has 0 saturated carbocycles. The van der Waals surface area contributed by atoms with E-state index in [-0.39, 0.29) is 17.5 Å². The number of H-pyrrole nitrogens is 1. The minimum Gasteiger partial charge on any atom is -0.508 e. The van der Waals surface area contributed by atoms with E-state index in [0.717, 1.165) is 5.39 Å². The van der Waals surface area contributed by atoms with Crippen LogP contribution in [0.5, 0.6) is 5.75 Å². The zero-order valence-corrected chi connectivity index (χ0v) is 13.4. The number of aromatic amines is 1. The van der Waals surface area contributed by atoms with Crippen molar-refractivity contribution in [2.45, 2.75) is 20.1 Å². The Morgan fingerprint density at radius 2 is 1.92 bits per heavy atom. The maximum absolute atomic E-state index is 12.1. The van der Waals surface area contributed by atoms with E-state index in [9.17, 15) is 15.0 Å². The number of pyridine rings is 1. The Balaban J connectivity index is 1.84. The number of hydrogen-bond acceptors (Lipinski definition) is 5. The van der Waals surface area contributed by atoms with Crippen molar-refractivity contribution in [1.29, 1.82) is 0 Å². The lowest BCUT2D eigenvalue weighted by atomic mass is 10.1. The molecular weight excluding hydrogens is 306 g/mol. The predicted molar refractivity (Wildman–Crippen MR) is 92.0 cm³/mol. The molecule has 0 aliphatic rings. The fourth-order valence-corrected chi connectivity index (χ4v) is 2.42. The van der Waals surface area contributed by atoms with Crippen molar-refractivity contribution < 1.29 is 15.0 Å². The van der Waals surface area contributed by atoms with E-state index in [1.165, 1.54) is 12.1 Å². The van der Waals surface area contributed by atoms with Gasteiger partial charge in [-0.1, -0.05) is 13.8 Å². The number of hydrogen-bond donors (Lipinski definition) is 4. The number of benzene rings is 1. The molecule has 0 bridgehead atoms. The first kappa shape index (κ1) is 16.0. The number of aliphatic hydroxyl groups is 1. The normalized spacial score (nSPS) is 12.5. The molecule has 0 aliphatic heterocycles. The summed E-state index contributed by atoms with van der Waals surface area (Å²) in [6, 6.07) is 9.94. The van der Waals surface area contributed by atoms with Crippen LogP contribution in [0.15, 0.2) is 42.6 Å². The summed E-state index contributed by atoms with van der Waals surface area (Å²) in [5, 5.41) is 23.3. The molecule has 24 heavy (non-hydrogen) atoms. The van der Waals surface area contributed by atoms with E-state index in [1.54, 1.807) is 30.5 Å². The standard InChI is InChI=1S/C18H19N3O3/c1-10(2)16(23)15-8-11-7-12(9-19-17(11)21-15)18(24)20-13-3-5-14(22)6-4-13/h3-10,18,20,22,24H,1-2H3,(H,19,21). The molecule has 3 aromatic rings. The molecule has 1 unspecified atom stereocenters. The smallest absolute Gasteiger partial charge is 0.181 e. The highest BCUT2D eigenvalue weighted by molar-refractivity contribution is 5.99. The van der Waals surface area contributed by atoms with Crippen LogP contribution in [0, 0.1) is 5.92 Å². The number of aromatic nitrogens is 2. The van der Waals surface area contributed by atoms with E-state index in [2.05, 4.69) is 15.3 Å². The summed E-state index contributed by atoms with van der Waals surface area (Å²) in [7, 11) is 0. The molecule has 1 aromatic carbocycles. The Bertz CT molecular complexity index is 869. The van der Waals surface area contributed by atoms with Gasteiger partial charge in [0.2, 0.25) is 0 Å². The van der Waals surface area contributed by atoms with E-state index in [0.29, 0.717) is 22.6 Å². The van der Waals surface area contributed by atoms with E-state index < -0.39 is 6.23 Å². The number of fused-ring (bicyclic) bond motifs is 1. The van der Waals surface area contributed by atoms with Crippen LogP contribution in [-0.4, -0.2) is 26.0 Å². The molecule has 2 heterocycles. The van der Waals surface area contributed by atoms with Crippen molar-refractivity contribution >= 4 is 22.5 Å². The van der Waals surface area contributed by atoms with Gasteiger partial charge in [-0.3, -0.25) is 4.79 Å². The minimum absolute atomic E-state index is 0.0253. The van der Waals surface area contributed by atoms with Crippen LogP contribution in [0.3, 0.4) is 0 Å². The summed E-state index contributed by atoms with van der Waals surface area (Å²) < 4.78 is 0. The number of nitrogens with one attached hydrogen (secondary N) is 2. The number of rotatable bonds is 5. The molecule has 6 heteroatoms. The number of anilines is 1. The number of nitrogens with zero attached hydrogens (tertiary/aromatic N) is 1. The van der Waals surface area contributed by atoms with Crippen molar-refractivity contribution in [1.82, 2.24) is 9.97 Å². The lowest BCUT2D eigenvalue weighted by molar-refractivity contribution is 0.0935. The molecule has 6 nitrogen and oxygen atoms in total. The second kappa shape index (κ2) is 6.33. The number of ketones is 1. The van der Waals surface area contributed by atoms with Crippen molar-refractivity contribution in [2.24, 2.45) is 5.92 Å². The third-order valence-corrected chi connectivity index (χ3v) is 3.77. The Hall–Kier alpha value is -2.86. The van der Waals surface area contributed by atoms with Gasteiger partial charge in [-0.15, -0.1) is 0 Å². The highest BCUT2D eigenvalue weighted by Gasteiger charge is 2.15. The van der Waals surface area contributed by atoms with Crippen LogP contribution in [0.1, 0.15) is 36.1 Å². The molecule has 3 rings (SSSR count). The molecule has 0 spiro atoms. The Kier molecular flexibility index (Phi) is 4.22. The van der Waals surface area contributed by atoms with Crippen LogP contribution in [-0.2, 0) is 0 Å². The van der Waals surface area contributed by atoms with Crippen LogP contribution in [0.2, 0.25) is 0 Å². The molecule has 0 fully saturated rings. The molecule has 0 saturated heterocycles. The van der Waals surface area contributed by atoms with Crippen LogP contribution < -0.4 is 5.32 Å². The van der Waals surface area contributed by atoms with Crippen LogP contribution >= 0.6 is 0 Å². The largest absolute Gasteiger partial charge is 0.508 e. The minimum atomic E-state index is -0.953. The lowest BCUT2D eigenvalue weighted by Crippen LogP contribution is -2.09. The average molecular weight is 325 g/mol. The zero-order valence-electron chi connectivity index (χ0n) is 13.4. The molecule has 124 valence electrons. The first-order chi connectivity index (χ1) is 11.4. The van der Waals surface area contributed by atoms with Gasteiger partial charge in [0.1, 0.15) is 11.4 Å². The maximum Gasteiger partial charge on any atom is 0.181 e. The second-order valence-corrected chi connectivity index (χ2v) is 6.00. The van der Waals surface area contributed by atoms with E-state index in [4.69, 9.17) is 0 Å². The Morgan fingerprint density at radius 3 is 2.58 bits per heavy atom. The van der Waals surface area contributed by atoms with Gasteiger partial charge < -0.3 is 20.5 Å². The first-order valence-electron chi connectivity index (χ1n) is 7.70. The maximum atomic E-state index is 12.1. The zero-order chi connectivity index (χ0) is 17.3. The molecule has 4 N–H and O–H groups in total. The second-order valence-electron chi connectivity index (χ2n) is 6.00. The van der Waals surface area contributed by atoms with Crippen molar-refractivity contribution in [3.63, 3.8) is 0 Å². The highest BCUT2D eigenvalue weighted by atomic mass is 16.3. The Labute approximate surface area is 139 Å². The third kappa shape index (κ3) is 3.23. The molecule has 2 aromatic heterocycles. The van der Waals surface area contributed by atoms with E-state index in [1.807, 2.05) is 13.8 Å². The SMILES string of the molecule is CC(C)C(=O)c1cc2cc(C(O)Nc3ccc(O)cc3)cnc2[nH]1. The Morgan fingerprint density at radius 1 is 1.21 bits per heavy atom. The molecule has 0 amide bonds. The molecule has 0 aliphatic carbocycles. The van der Waals surface area contributed by atoms with Crippen molar-refractivity contribution in [3.05, 3.63) is 53.9 Å². The van der Waals surface area contributed by atoms with Crippen molar-refractivity contribution in [3.8, 4) is 5.75 Å². The third-order valence-electron chi connectivity index (χ3n) is 3.77. The number of aromatic hydroxyl groups is 1. The fourth-order valence-electron chi connectivity index (χ4n) is 2.42. The van der Waals surface area contributed by atoms with Gasteiger partial charge in [0.25, 0.3) is 0 Å². The number of phenolic OH excluding ortho intramolecular Hbond substituents is 1. The summed E-state index contributed by atoms with van der Waals surface area (Å²) in [5.41, 5.74) is 2.38. The number of carbonyl (C=O) groups is 1. The van der Waals surface area contributed by atoms with Crippen LogP contribution in [0.25, 0.3) is 11.0 Å². The summed E-state index contributed by atoms with van der Waals surface area (Å²) >= 11 is 0. The van der Waals surface area contributed by atoms with E-state index >= 15 is 0 Å². The van der Waals surface area contributed by atoms with Gasteiger partial charge in [-0.05, 0) is 36.4 Å². The average Bonchev–Trinajstić information content (AvgIpc) is 2.99. The predicted octanol–water partition coefficient (Wildman–Crippen LogP) is 3.21. The van der Waals surface area contributed by atoms with Crippen LogP contribution in [0.4, 0.5) is 5.69 Å². The number of phenols is 1. The summed E-state index contributed by atoms with van der Waals surface area (Å²) in [6.07, 6.45) is 0.603. The lowest BCUT2D eigenvalue weighted by Gasteiger charge is -2.14. The number of Topliss-reactive ketones (excluding diaryl/α,β-unsaturated/α-hetero) is 1. The number of aliphatic hydroxyl groups excluding tert-OH is 1. The summed E-state index contributed by atoms with van der Waals surface area (Å²) in [5.74, 6) is 0.0874. The van der Waals surface area contributed by atoms with Gasteiger partial charge >= 0.3 is 0 Å². The summed E-state index contributed by atoms with van der Waals surface area (Å²) in [6.45, 7) is 3.69. The fraction of sp³-hybridized carbons (Fsp3) is 0.222. The van der Waals surface area contributed by atoms with Gasteiger partial charge in [0.15, 0.2) is 12.0 Å². The van der Waals surface area contributed by atoms with Gasteiger partial charge in [0, 0.05) is 28.8 Å². The molecular formula is C18H19N3O3. The quantitative estimate of drug-likeness (QED) is 0.328. The monoisotopic (exact) mass is 325 g/mol. The summed E-state index contributed by atoms with van der Waals surface area (Å²) in [4.78, 5) is 19.3. The first-order valence-corrected chi connectivity index (χ1v) is 7.70. The highest BCUT2D eigenvalue weighted by Crippen LogP contribution is 2.23. The van der Waals surface area contributed by atoms with Crippen molar-refractivity contribution in [2.75, 3.05) is 5.32 Å². The van der Waals surface area contributed by atoms with Gasteiger partial charge in [-0.25, -0.2) is 4.98 Å². The van der Waals surface area contributed by atoms with Gasteiger partial charge in [-0.2, -0.15) is 0 Å². The topological polar surface area (TPSA) is 98.2 Å². The molecule has 1 atom stereocenters. The molecule has 0 radical (unpaired) electrons. The number of carbonyl (C=O) groups excluding carboxylic acids is 1. The van der Waals surface area contributed by atoms with Gasteiger partial charge in [0.05, 0.1) is 5.69 Å².